The van der Waals surface area contributed by atoms with Gasteiger partial charge in [-0.15, -0.1) is 0 Å². The molecule has 3 rings (SSSR count). The monoisotopic (exact) mass is 623 g/mol. The van der Waals surface area contributed by atoms with Crippen molar-refractivity contribution in [2.75, 3.05) is 23.7 Å². The Morgan fingerprint density at radius 3 is 2.23 bits per heavy atom. The van der Waals surface area contributed by atoms with Crippen LogP contribution in [0.4, 0.5) is 5.69 Å². The van der Waals surface area contributed by atoms with Gasteiger partial charge in [-0.3, -0.25) is 13.9 Å². The molecule has 0 saturated carbocycles. The summed E-state index contributed by atoms with van der Waals surface area (Å²) in [5, 5.41) is 4.00. The van der Waals surface area contributed by atoms with Crippen molar-refractivity contribution >= 4 is 62.3 Å². The summed E-state index contributed by atoms with van der Waals surface area (Å²) in [5.74, 6) is -0.897. The summed E-state index contributed by atoms with van der Waals surface area (Å²) in [7, 11) is -3.88. The van der Waals surface area contributed by atoms with Gasteiger partial charge in [-0.25, -0.2) is 8.42 Å². The van der Waals surface area contributed by atoms with E-state index in [0.29, 0.717) is 44.8 Å². The fraction of sp³-hybridized carbons (Fsp3) is 0.310. The van der Waals surface area contributed by atoms with Crippen molar-refractivity contribution in [1.82, 2.24) is 10.2 Å². The van der Waals surface area contributed by atoms with Gasteiger partial charge in [0.2, 0.25) is 21.8 Å². The SMILES string of the molecule is CCCNC(=O)C(Cc1ccccc1)N(Cc1ccc(Cl)c(Cl)c1)C(=O)CN(c1ccc(Cl)cc1C)S(C)(=O)=O. The number of amides is 2. The lowest BCUT2D eigenvalue weighted by Crippen LogP contribution is -2.53. The molecule has 0 bridgehead atoms. The summed E-state index contributed by atoms with van der Waals surface area (Å²) in [6, 6.07) is 18.1. The minimum Gasteiger partial charge on any atom is -0.354 e. The van der Waals surface area contributed by atoms with Gasteiger partial charge in [0.05, 0.1) is 22.0 Å². The molecule has 1 atom stereocenters. The van der Waals surface area contributed by atoms with Gasteiger partial charge in [0.15, 0.2) is 0 Å². The van der Waals surface area contributed by atoms with Crippen LogP contribution in [-0.4, -0.2) is 50.5 Å². The van der Waals surface area contributed by atoms with Crippen LogP contribution in [0, 0.1) is 6.92 Å². The molecule has 0 aliphatic rings. The van der Waals surface area contributed by atoms with Gasteiger partial charge in [-0.05, 0) is 60.4 Å². The maximum atomic E-state index is 14.1. The lowest BCUT2D eigenvalue weighted by molar-refractivity contribution is -0.140. The number of sulfonamides is 1. The molecule has 3 aromatic rings. The number of hydrogen-bond donors (Lipinski definition) is 1. The third-order valence-electron chi connectivity index (χ3n) is 6.26. The largest absolute Gasteiger partial charge is 0.354 e. The van der Waals surface area contributed by atoms with Crippen molar-refractivity contribution in [2.45, 2.75) is 39.3 Å². The second-order valence-corrected chi connectivity index (χ2v) is 12.6. The number of nitrogens with zero attached hydrogens (tertiary/aromatic N) is 2. The van der Waals surface area contributed by atoms with Crippen LogP contribution < -0.4 is 9.62 Å². The van der Waals surface area contributed by atoms with E-state index in [2.05, 4.69) is 5.32 Å². The highest BCUT2D eigenvalue weighted by Gasteiger charge is 2.33. The Kier molecular flexibility index (Phi) is 11.3. The Bertz CT molecular complexity index is 1450. The number of aryl methyl sites for hydroxylation is 1. The van der Waals surface area contributed by atoms with Crippen LogP contribution in [0.5, 0.6) is 0 Å². The van der Waals surface area contributed by atoms with Gasteiger partial charge in [0, 0.05) is 24.5 Å². The van der Waals surface area contributed by atoms with E-state index < -0.39 is 28.5 Å². The predicted octanol–water partition coefficient (Wildman–Crippen LogP) is 5.89. The van der Waals surface area contributed by atoms with Crippen LogP contribution in [0.2, 0.25) is 15.1 Å². The van der Waals surface area contributed by atoms with Crippen LogP contribution >= 0.6 is 34.8 Å². The second-order valence-electron chi connectivity index (χ2n) is 9.47. The van der Waals surface area contributed by atoms with E-state index in [9.17, 15) is 18.0 Å². The highest BCUT2D eigenvalue weighted by molar-refractivity contribution is 7.92. The first-order valence-corrected chi connectivity index (χ1v) is 15.7. The quantitative estimate of drug-likeness (QED) is 0.272. The fourth-order valence-electron chi connectivity index (χ4n) is 4.25. The third kappa shape index (κ3) is 8.61. The van der Waals surface area contributed by atoms with Crippen LogP contribution in [0.25, 0.3) is 0 Å². The second kappa shape index (κ2) is 14.2. The molecule has 3 aromatic carbocycles. The number of halogens is 3. The molecule has 0 aliphatic carbocycles. The predicted molar refractivity (Wildman–Crippen MR) is 163 cm³/mol. The van der Waals surface area contributed by atoms with Crippen LogP contribution in [0.3, 0.4) is 0 Å². The van der Waals surface area contributed by atoms with E-state index in [4.69, 9.17) is 34.8 Å². The molecule has 0 saturated heterocycles. The Morgan fingerprint density at radius 1 is 0.925 bits per heavy atom. The molecule has 11 heteroatoms. The number of carbonyl (C=O) groups excluding carboxylic acids is 2. The lowest BCUT2D eigenvalue weighted by Gasteiger charge is -2.34. The summed E-state index contributed by atoms with van der Waals surface area (Å²) in [6.45, 7) is 3.56. The van der Waals surface area contributed by atoms with Gasteiger partial charge in [-0.1, -0.05) is 78.1 Å². The summed E-state index contributed by atoms with van der Waals surface area (Å²) in [5.41, 5.74) is 2.39. The van der Waals surface area contributed by atoms with Crippen LogP contribution in [-0.2, 0) is 32.6 Å². The van der Waals surface area contributed by atoms with Gasteiger partial charge < -0.3 is 10.2 Å². The zero-order valence-corrected chi connectivity index (χ0v) is 25.6. The van der Waals surface area contributed by atoms with E-state index in [1.54, 1.807) is 43.3 Å². The summed E-state index contributed by atoms with van der Waals surface area (Å²) in [4.78, 5) is 29.0. The summed E-state index contributed by atoms with van der Waals surface area (Å²) < 4.78 is 26.9. The standard InChI is InChI=1S/C29H32Cl3N3O4S/c1-4-14-33-29(37)27(17-21-8-6-5-7-9-21)34(18-22-10-12-24(31)25(32)16-22)28(36)19-35(40(3,38)39)26-13-11-23(30)15-20(26)2/h5-13,15-16,27H,4,14,17-19H2,1-3H3,(H,33,37). The summed E-state index contributed by atoms with van der Waals surface area (Å²) in [6.07, 6.45) is 1.97. The van der Waals surface area contributed by atoms with Crippen molar-refractivity contribution in [1.29, 1.82) is 0 Å². The van der Waals surface area contributed by atoms with Gasteiger partial charge in [-0.2, -0.15) is 0 Å². The maximum Gasteiger partial charge on any atom is 0.244 e. The number of hydrogen-bond acceptors (Lipinski definition) is 4. The van der Waals surface area contributed by atoms with Crippen LogP contribution in [0.1, 0.15) is 30.0 Å². The number of nitrogens with one attached hydrogen (secondary N) is 1. The highest BCUT2D eigenvalue weighted by atomic mass is 35.5. The Hall–Kier alpha value is -2.78. The normalized spacial score (nSPS) is 12.1. The molecule has 0 spiro atoms. The molecular formula is C29H32Cl3N3O4S. The molecule has 0 fully saturated rings. The number of anilines is 1. The molecule has 7 nitrogen and oxygen atoms in total. The van der Waals surface area contributed by atoms with E-state index in [-0.39, 0.29) is 18.9 Å². The molecule has 1 N–H and O–H groups in total. The molecule has 0 aliphatic heterocycles. The summed E-state index contributed by atoms with van der Waals surface area (Å²) >= 11 is 18.5. The maximum absolute atomic E-state index is 14.1. The van der Waals surface area contributed by atoms with Crippen LogP contribution in [0.15, 0.2) is 66.7 Å². The molecule has 40 heavy (non-hydrogen) atoms. The first-order chi connectivity index (χ1) is 18.9. The first kappa shape index (κ1) is 31.7. The molecule has 214 valence electrons. The molecule has 0 aromatic heterocycles. The Balaban J connectivity index is 2.08. The van der Waals surface area contributed by atoms with E-state index in [1.807, 2.05) is 37.3 Å². The average molecular weight is 625 g/mol. The molecular weight excluding hydrogens is 593 g/mol. The van der Waals surface area contributed by atoms with Crippen molar-refractivity contribution in [3.63, 3.8) is 0 Å². The molecule has 0 radical (unpaired) electrons. The number of rotatable bonds is 12. The van der Waals surface area contributed by atoms with Crippen molar-refractivity contribution in [3.05, 3.63) is 98.5 Å². The number of benzene rings is 3. The molecule has 0 heterocycles. The van der Waals surface area contributed by atoms with Crippen molar-refractivity contribution in [2.24, 2.45) is 0 Å². The zero-order valence-electron chi connectivity index (χ0n) is 22.5. The minimum atomic E-state index is -3.88. The average Bonchev–Trinajstić information content (AvgIpc) is 2.90. The zero-order chi connectivity index (χ0) is 29.4. The smallest absolute Gasteiger partial charge is 0.244 e. The van der Waals surface area contributed by atoms with Crippen molar-refractivity contribution < 1.29 is 18.0 Å². The molecule has 2 amide bonds. The van der Waals surface area contributed by atoms with E-state index in [0.717, 1.165) is 16.1 Å². The first-order valence-electron chi connectivity index (χ1n) is 12.7. The van der Waals surface area contributed by atoms with Crippen molar-refractivity contribution in [3.8, 4) is 0 Å². The Morgan fingerprint density at radius 2 is 1.62 bits per heavy atom. The highest BCUT2D eigenvalue weighted by Crippen LogP contribution is 2.27. The fourth-order valence-corrected chi connectivity index (χ4v) is 5.70. The lowest BCUT2D eigenvalue weighted by atomic mass is 10.0. The molecule has 1 unspecified atom stereocenters. The Labute approximate surface area is 251 Å². The van der Waals surface area contributed by atoms with Gasteiger partial charge >= 0.3 is 0 Å². The van der Waals surface area contributed by atoms with E-state index in [1.165, 1.54) is 4.90 Å². The minimum absolute atomic E-state index is 0.00394. The van der Waals surface area contributed by atoms with Gasteiger partial charge in [0.1, 0.15) is 12.6 Å². The van der Waals surface area contributed by atoms with E-state index >= 15 is 0 Å². The number of carbonyl (C=O) groups is 2. The topological polar surface area (TPSA) is 86.8 Å². The third-order valence-corrected chi connectivity index (χ3v) is 8.36. The van der Waals surface area contributed by atoms with Gasteiger partial charge in [0.25, 0.3) is 0 Å².